The predicted octanol–water partition coefficient (Wildman–Crippen LogP) is 4.04. The second-order valence-corrected chi connectivity index (χ2v) is 6.99. The summed E-state index contributed by atoms with van der Waals surface area (Å²) in [5.41, 5.74) is 2.53. The molecule has 0 aromatic heterocycles. The number of methoxy groups -OCH3 is 1. The van der Waals surface area contributed by atoms with Gasteiger partial charge in [0.1, 0.15) is 5.75 Å². The van der Waals surface area contributed by atoms with Gasteiger partial charge in [0, 0.05) is 22.5 Å². The summed E-state index contributed by atoms with van der Waals surface area (Å²) >= 11 is 4.57. The number of carbonyl (C=O) groups excluding carboxylic acids is 1. The molecule has 1 amide bonds. The summed E-state index contributed by atoms with van der Waals surface area (Å²) in [5, 5.41) is 10.5. The molecule has 0 spiro atoms. The van der Waals surface area contributed by atoms with E-state index in [1.54, 1.807) is 12.6 Å². The minimum Gasteiger partial charge on any atom is -0.496 e. The standard InChI is InChI=1S/C16H21BrN2O5S/c1-22-14-11-13(17)8-7-12(14)10-16-23-19(24-25-16)9-5-3-2-4-6-15(20)18-21/h7-8,10-11,21H,2-6,9H2,1H3,(H,18,20). The quantitative estimate of drug-likeness (QED) is 0.263. The van der Waals surface area contributed by atoms with Crippen molar-refractivity contribution in [2.24, 2.45) is 0 Å². The number of hydrogen-bond acceptors (Lipinski definition) is 7. The number of nitrogens with zero attached hydrogens (tertiary/aromatic N) is 1. The molecule has 1 fully saturated rings. The SMILES string of the molecule is COc1cc(Br)ccc1C=C1ON(CCCCCCC(=O)NO)OS1. The van der Waals surface area contributed by atoms with Crippen LogP contribution in [0.25, 0.3) is 6.08 Å². The molecule has 0 aliphatic carbocycles. The maximum atomic E-state index is 10.9. The number of rotatable bonds is 9. The van der Waals surface area contributed by atoms with Crippen molar-refractivity contribution in [3.8, 4) is 5.75 Å². The maximum absolute atomic E-state index is 10.9. The fraction of sp³-hybridized carbons (Fsp3) is 0.438. The highest BCUT2D eigenvalue weighted by Gasteiger charge is 2.21. The fourth-order valence-corrected chi connectivity index (χ4v) is 3.10. The van der Waals surface area contributed by atoms with Gasteiger partial charge < -0.3 is 9.57 Å². The fourth-order valence-electron chi connectivity index (χ4n) is 2.21. The molecule has 1 aromatic carbocycles. The summed E-state index contributed by atoms with van der Waals surface area (Å²) < 4.78 is 11.7. The van der Waals surface area contributed by atoms with Crippen LogP contribution in [0.2, 0.25) is 0 Å². The van der Waals surface area contributed by atoms with Crippen LogP contribution >= 0.6 is 28.0 Å². The van der Waals surface area contributed by atoms with E-state index in [9.17, 15) is 4.79 Å². The van der Waals surface area contributed by atoms with Crippen LogP contribution in [0.3, 0.4) is 0 Å². The molecule has 1 saturated heterocycles. The number of nitrogens with one attached hydrogen (secondary N) is 1. The zero-order chi connectivity index (χ0) is 18.1. The molecule has 0 unspecified atom stereocenters. The Morgan fingerprint density at radius 2 is 2.20 bits per heavy atom. The van der Waals surface area contributed by atoms with E-state index in [0.29, 0.717) is 18.1 Å². The highest BCUT2D eigenvalue weighted by Crippen LogP contribution is 2.34. The monoisotopic (exact) mass is 432 g/mol. The number of halogens is 1. The van der Waals surface area contributed by atoms with E-state index in [4.69, 9.17) is 19.1 Å². The van der Waals surface area contributed by atoms with E-state index in [1.807, 2.05) is 24.3 Å². The molecule has 1 aromatic rings. The minimum absolute atomic E-state index is 0.338. The minimum atomic E-state index is -0.347. The van der Waals surface area contributed by atoms with Crippen LogP contribution in [-0.4, -0.2) is 30.0 Å². The van der Waals surface area contributed by atoms with Gasteiger partial charge in [0.05, 0.1) is 25.7 Å². The largest absolute Gasteiger partial charge is 0.496 e. The number of ether oxygens (including phenoxy) is 1. The summed E-state index contributed by atoms with van der Waals surface area (Å²) in [7, 11) is 1.62. The molecule has 0 saturated carbocycles. The van der Waals surface area contributed by atoms with Gasteiger partial charge in [-0.3, -0.25) is 10.0 Å². The molecule has 2 rings (SSSR count). The molecule has 25 heavy (non-hydrogen) atoms. The number of hydroxylamine groups is 3. The lowest BCUT2D eigenvalue weighted by Crippen LogP contribution is -2.18. The van der Waals surface area contributed by atoms with Crippen LogP contribution < -0.4 is 10.2 Å². The Morgan fingerprint density at radius 1 is 1.40 bits per heavy atom. The molecular formula is C16H21BrN2O5S. The number of benzene rings is 1. The van der Waals surface area contributed by atoms with Crippen LogP contribution in [0.5, 0.6) is 5.75 Å². The van der Waals surface area contributed by atoms with Crippen molar-refractivity contribution >= 4 is 40.0 Å². The molecule has 1 aliphatic rings. The van der Waals surface area contributed by atoms with Gasteiger partial charge in [-0.2, -0.15) is 4.28 Å². The molecule has 0 bridgehead atoms. The maximum Gasteiger partial charge on any atom is 0.243 e. The molecular weight excluding hydrogens is 412 g/mol. The smallest absolute Gasteiger partial charge is 0.243 e. The van der Waals surface area contributed by atoms with E-state index in [1.165, 1.54) is 5.23 Å². The van der Waals surface area contributed by atoms with Crippen LogP contribution in [0.1, 0.15) is 37.7 Å². The first-order chi connectivity index (χ1) is 12.1. The van der Waals surface area contributed by atoms with Crippen molar-refractivity contribution in [2.45, 2.75) is 32.1 Å². The Bertz CT molecular complexity index is 614. The van der Waals surface area contributed by atoms with E-state index in [2.05, 4.69) is 15.9 Å². The molecule has 0 atom stereocenters. The predicted molar refractivity (Wildman–Crippen MR) is 98.2 cm³/mol. The van der Waals surface area contributed by atoms with Crippen molar-refractivity contribution in [3.05, 3.63) is 33.3 Å². The summed E-state index contributed by atoms with van der Waals surface area (Å²) in [5.74, 6) is 0.400. The third-order valence-electron chi connectivity index (χ3n) is 3.48. The Hall–Kier alpha value is -1.26. The van der Waals surface area contributed by atoms with E-state index in [0.717, 1.165) is 53.5 Å². The Kier molecular flexibility index (Phi) is 8.56. The van der Waals surface area contributed by atoms with Gasteiger partial charge in [0.25, 0.3) is 0 Å². The lowest BCUT2D eigenvalue weighted by Gasteiger charge is -2.10. The van der Waals surface area contributed by atoms with Crippen molar-refractivity contribution < 1.29 is 23.9 Å². The molecule has 9 heteroatoms. The third-order valence-corrected chi connectivity index (χ3v) is 4.57. The number of carbonyl (C=O) groups is 1. The van der Waals surface area contributed by atoms with E-state index in [-0.39, 0.29) is 5.91 Å². The van der Waals surface area contributed by atoms with Crippen LogP contribution in [0.4, 0.5) is 0 Å². The number of amides is 1. The van der Waals surface area contributed by atoms with Crippen molar-refractivity contribution in [3.63, 3.8) is 0 Å². The number of hydrogen-bond donors (Lipinski definition) is 2. The van der Waals surface area contributed by atoms with Crippen molar-refractivity contribution in [2.75, 3.05) is 13.7 Å². The summed E-state index contributed by atoms with van der Waals surface area (Å²) in [6.45, 7) is 0.633. The molecule has 2 N–H and O–H groups in total. The van der Waals surface area contributed by atoms with Crippen LogP contribution in [0.15, 0.2) is 27.8 Å². The molecule has 138 valence electrons. The van der Waals surface area contributed by atoms with Crippen LogP contribution in [0, 0.1) is 0 Å². The van der Waals surface area contributed by atoms with Crippen molar-refractivity contribution in [1.82, 2.24) is 10.7 Å². The first-order valence-electron chi connectivity index (χ1n) is 7.90. The Balaban J connectivity index is 1.72. The van der Waals surface area contributed by atoms with Gasteiger partial charge in [-0.05, 0) is 36.3 Å². The molecule has 7 nitrogen and oxygen atoms in total. The average molecular weight is 433 g/mol. The van der Waals surface area contributed by atoms with Gasteiger partial charge in [-0.15, -0.1) is 0 Å². The second kappa shape index (κ2) is 10.7. The van der Waals surface area contributed by atoms with Gasteiger partial charge >= 0.3 is 0 Å². The highest BCUT2D eigenvalue weighted by atomic mass is 79.9. The van der Waals surface area contributed by atoms with E-state index < -0.39 is 0 Å². The Morgan fingerprint density at radius 3 is 2.96 bits per heavy atom. The Labute approximate surface area is 159 Å². The molecule has 1 heterocycles. The average Bonchev–Trinajstić information content (AvgIpc) is 3.06. The first-order valence-corrected chi connectivity index (χ1v) is 9.44. The van der Waals surface area contributed by atoms with Gasteiger partial charge in [-0.1, -0.05) is 28.8 Å². The van der Waals surface area contributed by atoms with Gasteiger partial charge in [0.15, 0.2) is 0 Å². The topological polar surface area (TPSA) is 80.3 Å². The number of unbranched alkanes of at least 4 members (excludes halogenated alkanes) is 3. The lowest BCUT2D eigenvalue weighted by molar-refractivity contribution is -0.259. The van der Waals surface area contributed by atoms with Crippen LogP contribution in [-0.2, 0) is 13.9 Å². The van der Waals surface area contributed by atoms with Gasteiger partial charge in [-0.25, -0.2) is 5.48 Å². The lowest BCUT2D eigenvalue weighted by atomic mass is 10.1. The third kappa shape index (κ3) is 6.87. The van der Waals surface area contributed by atoms with Gasteiger partial charge in [0.2, 0.25) is 11.0 Å². The molecule has 0 radical (unpaired) electrons. The first kappa shape index (κ1) is 20.1. The normalized spacial score (nSPS) is 16.0. The summed E-state index contributed by atoms with van der Waals surface area (Å²) in [6, 6.07) is 5.76. The zero-order valence-corrected chi connectivity index (χ0v) is 16.3. The summed E-state index contributed by atoms with van der Waals surface area (Å²) in [4.78, 5) is 16.5. The zero-order valence-electron chi connectivity index (χ0n) is 13.9. The summed E-state index contributed by atoms with van der Waals surface area (Å²) in [6.07, 6.45) is 5.70. The van der Waals surface area contributed by atoms with E-state index >= 15 is 0 Å². The highest BCUT2D eigenvalue weighted by molar-refractivity contribution is 9.10. The second-order valence-electron chi connectivity index (χ2n) is 5.35. The molecule has 1 aliphatic heterocycles. The van der Waals surface area contributed by atoms with Crippen molar-refractivity contribution in [1.29, 1.82) is 0 Å².